The number of carboxylic acid groups (broad SMARTS) is 2. The predicted octanol–water partition coefficient (Wildman–Crippen LogP) is 5.59. The molecule has 0 unspecified atom stereocenters. The highest BCUT2D eigenvalue weighted by Gasteiger charge is 2.20. The van der Waals surface area contributed by atoms with Crippen molar-refractivity contribution in [2.75, 3.05) is 6.26 Å². The third kappa shape index (κ3) is 6.38. The van der Waals surface area contributed by atoms with Gasteiger partial charge < -0.3 is 14.8 Å². The van der Waals surface area contributed by atoms with Crippen molar-refractivity contribution in [3.05, 3.63) is 107 Å². The summed E-state index contributed by atoms with van der Waals surface area (Å²) in [4.78, 5) is 23.1. The first-order chi connectivity index (χ1) is 16.5. The lowest BCUT2D eigenvalue weighted by molar-refractivity contribution is 0.0696. The van der Waals surface area contributed by atoms with E-state index in [1.54, 1.807) is 55.5 Å². The van der Waals surface area contributed by atoms with Crippen molar-refractivity contribution in [3.8, 4) is 16.8 Å². The lowest BCUT2D eigenvalue weighted by Crippen LogP contribution is -2.08. The van der Waals surface area contributed by atoms with Gasteiger partial charge in [0.2, 0.25) is 0 Å². The SMILES string of the molecule is CS(=O)(=O)c1ccc(-n2cccc2)cc1.Cc1cc(C(=O)O)c(-c2ccc(Cl)cc2)c(C(=O)O)c1. The van der Waals surface area contributed by atoms with Crippen LogP contribution in [0.15, 0.2) is 90.1 Å². The maximum absolute atomic E-state index is 11.4. The van der Waals surface area contributed by atoms with Gasteiger partial charge in [0.25, 0.3) is 0 Å². The fourth-order valence-corrected chi connectivity index (χ4v) is 4.18. The monoisotopic (exact) mass is 511 g/mol. The van der Waals surface area contributed by atoms with Crippen LogP contribution in [0.1, 0.15) is 26.3 Å². The summed E-state index contributed by atoms with van der Waals surface area (Å²) >= 11 is 5.80. The number of sulfone groups is 1. The van der Waals surface area contributed by atoms with Crippen molar-refractivity contribution in [3.63, 3.8) is 0 Å². The van der Waals surface area contributed by atoms with Gasteiger partial charge in [-0.25, -0.2) is 18.0 Å². The molecule has 0 radical (unpaired) electrons. The van der Waals surface area contributed by atoms with Crippen LogP contribution >= 0.6 is 11.6 Å². The van der Waals surface area contributed by atoms with Crippen molar-refractivity contribution in [2.45, 2.75) is 11.8 Å². The Morgan fingerprint density at radius 2 is 1.31 bits per heavy atom. The van der Waals surface area contributed by atoms with E-state index in [9.17, 15) is 28.2 Å². The van der Waals surface area contributed by atoms with Crippen LogP contribution in [0.25, 0.3) is 16.8 Å². The van der Waals surface area contributed by atoms with Gasteiger partial charge in [0.15, 0.2) is 9.84 Å². The minimum absolute atomic E-state index is 0.0373. The first-order valence-electron chi connectivity index (χ1n) is 10.3. The number of halogens is 1. The summed E-state index contributed by atoms with van der Waals surface area (Å²) in [6.45, 7) is 1.66. The molecular weight excluding hydrogens is 490 g/mol. The first-order valence-corrected chi connectivity index (χ1v) is 12.5. The minimum Gasteiger partial charge on any atom is -0.478 e. The summed E-state index contributed by atoms with van der Waals surface area (Å²) in [5.74, 6) is -2.33. The summed E-state index contributed by atoms with van der Waals surface area (Å²) in [7, 11) is -3.10. The molecule has 0 aliphatic carbocycles. The second-order valence-corrected chi connectivity index (χ2v) is 10.2. The lowest BCUT2D eigenvalue weighted by atomic mass is 9.92. The number of aromatic carboxylic acids is 2. The zero-order valence-electron chi connectivity index (χ0n) is 18.8. The maximum Gasteiger partial charge on any atom is 0.336 e. The maximum atomic E-state index is 11.4. The molecule has 1 heterocycles. The molecule has 0 saturated carbocycles. The third-order valence-corrected chi connectivity index (χ3v) is 6.42. The largest absolute Gasteiger partial charge is 0.478 e. The number of carbonyl (C=O) groups is 2. The van der Waals surface area contributed by atoms with Gasteiger partial charge in [0.1, 0.15) is 0 Å². The van der Waals surface area contributed by atoms with E-state index in [-0.39, 0.29) is 16.7 Å². The van der Waals surface area contributed by atoms with Crippen molar-refractivity contribution in [1.29, 1.82) is 0 Å². The standard InChI is InChI=1S/C15H11ClO4.C11H11NO2S/c1-8-6-11(14(17)18)13(12(7-8)15(19)20)9-2-4-10(16)5-3-9;1-15(13,14)11-6-4-10(5-7-11)12-8-2-3-9-12/h2-7H,1H3,(H,17,18)(H,19,20);2-9H,1H3. The Kier molecular flexibility index (Phi) is 7.78. The van der Waals surface area contributed by atoms with Gasteiger partial charge in [0, 0.05) is 34.9 Å². The first kappa shape index (κ1) is 25.7. The highest BCUT2D eigenvalue weighted by Crippen LogP contribution is 2.30. The zero-order valence-corrected chi connectivity index (χ0v) is 20.4. The Morgan fingerprint density at radius 1 is 0.829 bits per heavy atom. The number of aryl methyl sites for hydroxylation is 1. The lowest BCUT2D eigenvalue weighted by Gasteiger charge is -2.12. The average Bonchev–Trinajstić information content (AvgIpc) is 3.34. The molecule has 0 aliphatic heterocycles. The summed E-state index contributed by atoms with van der Waals surface area (Å²) in [5, 5.41) is 19.1. The molecule has 4 rings (SSSR count). The van der Waals surface area contributed by atoms with E-state index < -0.39 is 21.8 Å². The fraction of sp³-hybridized carbons (Fsp3) is 0.0769. The van der Waals surface area contributed by atoms with Crippen molar-refractivity contribution in [2.24, 2.45) is 0 Å². The van der Waals surface area contributed by atoms with Crippen molar-refractivity contribution in [1.82, 2.24) is 4.57 Å². The highest BCUT2D eigenvalue weighted by molar-refractivity contribution is 7.90. The van der Waals surface area contributed by atoms with E-state index in [0.717, 1.165) is 5.69 Å². The van der Waals surface area contributed by atoms with Gasteiger partial charge >= 0.3 is 11.9 Å². The van der Waals surface area contributed by atoms with Crippen LogP contribution in [0.5, 0.6) is 0 Å². The van der Waals surface area contributed by atoms with Gasteiger partial charge in [-0.15, -0.1) is 0 Å². The highest BCUT2D eigenvalue weighted by atomic mass is 35.5. The van der Waals surface area contributed by atoms with Crippen LogP contribution in [0, 0.1) is 6.92 Å². The number of hydrogen-bond acceptors (Lipinski definition) is 4. The second kappa shape index (κ2) is 10.6. The molecule has 9 heteroatoms. The van der Waals surface area contributed by atoms with Crippen LogP contribution in [0.4, 0.5) is 0 Å². The number of rotatable bonds is 5. The van der Waals surface area contributed by atoms with Crippen LogP contribution in [-0.4, -0.2) is 41.4 Å². The molecular formula is C26H22ClNO6S. The number of hydrogen-bond donors (Lipinski definition) is 2. The second-order valence-electron chi connectivity index (χ2n) is 7.71. The molecule has 2 N–H and O–H groups in total. The van der Waals surface area contributed by atoms with E-state index in [4.69, 9.17) is 11.6 Å². The van der Waals surface area contributed by atoms with E-state index in [0.29, 0.717) is 21.0 Å². The summed E-state index contributed by atoms with van der Waals surface area (Å²) in [5.41, 5.74) is 2.15. The molecule has 0 fully saturated rings. The van der Waals surface area contributed by atoms with E-state index in [1.165, 1.54) is 18.4 Å². The van der Waals surface area contributed by atoms with Gasteiger partial charge in [-0.2, -0.15) is 0 Å². The molecule has 0 spiro atoms. The summed E-state index contributed by atoms with van der Waals surface area (Å²) < 4.78 is 24.4. The topological polar surface area (TPSA) is 114 Å². The van der Waals surface area contributed by atoms with Crippen molar-refractivity contribution < 1.29 is 28.2 Å². The van der Waals surface area contributed by atoms with Crippen LogP contribution in [-0.2, 0) is 9.84 Å². The molecule has 0 bridgehead atoms. The molecule has 0 aliphatic rings. The number of nitrogens with zero attached hydrogens (tertiary/aromatic N) is 1. The predicted molar refractivity (Wildman–Crippen MR) is 134 cm³/mol. The molecule has 0 atom stereocenters. The number of aromatic nitrogens is 1. The Balaban J connectivity index is 0.000000203. The quantitative estimate of drug-likeness (QED) is 0.361. The summed E-state index contributed by atoms with van der Waals surface area (Å²) in [6.07, 6.45) is 5.03. The van der Waals surface area contributed by atoms with Gasteiger partial charge in [-0.3, -0.25) is 0 Å². The Bertz CT molecular complexity index is 1420. The molecule has 3 aromatic carbocycles. The Labute approximate surface area is 207 Å². The molecule has 180 valence electrons. The van der Waals surface area contributed by atoms with Gasteiger partial charge in [-0.1, -0.05) is 23.7 Å². The minimum atomic E-state index is -3.10. The van der Waals surface area contributed by atoms with Gasteiger partial charge in [-0.05, 0) is 78.7 Å². The van der Waals surface area contributed by atoms with E-state index in [1.807, 2.05) is 29.1 Å². The van der Waals surface area contributed by atoms with E-state index in [2.05, 4.69) is 0 Å². The van der Waals surface area contributed by atoms with Crippen LogP contribution in [0.3, 0.4) is 0 Å². The molecule has 0 amide bonds. The molecule has 0 saturated heterocycles. The van der Waals surface area contributed by atoms with Gasteiger partial charge in [0.05, 0.1) is 16.0 Å². The Hall–Kier alpha value is -3.88. The van der Waals surface area contributed by atoms with Crippen molar-refractivity contribution >= 4 is 33.4 Å². The number of benzene rings is 3. The molecule has 7 nitrogen and oxygen atoms in total. The third-order valence-electron chi connectivity index (χ3n) is 5.04. The van der Waals surface area contributed by atoms with Crippen LogP contribution in [0.2, 0.25) is 5.02 Å². The average molecular weight is 512 g/mol. The fourth-order valence-electron chi connectivity index (χ4n) is 3.42. The zero-order chi connectivity index (χ0) is 25.8. The normalized spacial score (nSPS) is 10.8. The molecule has 4 aromatic rings. The Morgan fingerprint density at radius 3 is 1.74 bits per heavy atom. The molecule has 35 heavy (non-hydrogen) atoms. The molecule has 1 aromatic heterocycles. The van der Waals surface area contributed by atoms with E-state index >= 15 is 0 Å². The summed E-state index contributed by atoms with van der Waals surface area (Å²) in [6, 6.07) is 20.0. The number of carboxylic acids is 2. The van der Waals surface area contributed by atoms with Crippen LogP contribution < -0.4 is 0 Å². The smallest absolute Gasteiger partial charge is 0.336 e.